The van der Waals surface area contributed by atoms with E-state index >= 15 is 0 Å². The summed E-state index contributed by atoms with van der Waals surface area (Å²) in [7, 11) is 2.61. The predicted molar refractivity (Wildman–Crippen MR) is 64.8 cm³/mol. The molecule has 0 aromatic carbocycles. The minimum Gasteiger partial charge on any atom is -0.346 e. The van der Waals surface area contributed by atoms with Crippen LogP contribution in [0.1, 0.15) is 6.92 Å². The highest BCUT2D eigenvalue weighted by Gasteiger charge is 2.10. The molecular weight excluding hydrogens is 230 g/mol. The highest BCUT2D eigenvalue weighted by Crippen LogP contribution is 1.92. The molecule has 1 N–H and O–H groups in total. The second-order valence-corrected chi connectivity index (χ2v) is 6.09. The van der Waals surface area contributed by atoms with Gasteiger partial charge in [0.05, 0.1) is 40.5 Å². The molecule has 0 atom stereocenters. The average Bonchev–Trinajstić information content (AvgIpc) is 1.98. The largest absolute Gasteiger partial charge is 0.346 e. The first kappa shape index (κ1) is 15.2. The molecule has 0 heterocycles. The summed E-state index contributed by atoms with van der Waals surface area (Å²) in [6.07, 6.45) is 1.000. The number of amidine groups is 1. The van der Waals surface area contributed by atoms with E-state index in [0.29, 0.717) is 13.1 Å². The molecule has 0 unspecified atom stereocenters. The summed E-state index contributed by atoms with van der Waals surface area (Å²) < 4.78 is 27.3. The molecule has 0 bridgehead atoms. The van der Waals surface area contributed by atoms with Crippen molar-refractivity contribution in [3.8, 4) is 0 Å². The van der Waals surface area contributed by atoms with Crippen LogP contribution in [-0.2, 0) is 14.3 Å². The summed E-state index contributed by atoms with van der Waals surface area (Å²) in [5.41, 5.74) is 0. The minimum absolute atomic E-state index is 0.0680. The molecule has 0 radical (unpaired) electrons. The monoisotopic (exact) mass is 252 g/mol. The quantitative estimate of drug-likeness (QED) is 0.314. The van der Waals surface area contributed by atoms with E-state index in [0.717, 1.165) is 17.3 Å². The standard InChI is InChI=1S/C9H22N3O3S/c1-6-10-9(15-16(5,13)14)11-7-8-12(2,3)4/h6-8H2,1-5H3,(H,10,11)/q+1. The fourth-order valence-corrected chi connectivity index (χ4v) is 1.26. The summed E-state index contributed by atoms with van der Waals surface area (Å²) in [4.78, 5) is 4.07. The third-order valence-corrected chi connectivity index (χ3v) is 2.05. The third-order valence-electron chi connectivity index (χ3n) is 1.58. The third kappa shape index (κ3) is 9.72. The Morgan fingerprint density at radius 2 is 1.94 bits per heavy atom. The van der Waals surface area contributed by atoms with Crippen molar-refractivity contribution in [3.05, 3.63) is 0 Å². The van der Waals surface area contributed by atoms with Gasteiger partial charge in [-0.1, -0.05) is 0 Å². The van der Waals surface area contributed by atoms with E-state index in [1.165, 1.54) is 0 Å². The number of hydrogen-bond acceptors (Lipinski definition) is 4. The lowest BCUT2D eigenvalue weighted by Crippen LogP contribution is -2.37. The second-order valence-electron chi connectivity index (χ2n) is 4.52. The van der Waals surface area contributed by atoms with Gasteiger partial charge in [0, 0.05) is 6.54 Å². The molecular formula is C9H22N3O3S+. The average molecular weight is 252 g/mol. The maximum Gasteiger partial charge on any atom is 0.308 e. The molecule has 96 valence electrons. The van der Waals surface area contributed by atoms with Crippen molar-refractivity contribution in [2.75, 3.05) is 47.0 Å². The van der Waals surface area contributed by atoms with Crippen molar-refractivity contribution in [2.45, 2.75) is 6.92 Å². The van der Waals surface area contributed by atoms with Crippen molar-refractivity contribution in [2.24, 2.45) is 4.99 Å². The van der Waals surface area contributed by atoms with Crippen LogP contribution in [0.25, 0.3) is 0 Å². The predicted octanol–water partition coefficient (Wildman–Crippen LogP) is -0.366. The van der Waals surface area contributed by atoms with E-state index in [2.05, 4.69) is 10.3 Å². The summed E-state index contributed by atoms with van der Waals surface area (Å²) in [6.45, 7) is 3.74. The molecule has 0 aliphatic heterocycles. The highest BCUT2D eigenvalue weighted by molar-refractivity contribution is 7.86. The van der Waals surface area contributed by atoms with Gasteiger partial charge in [-0.3, -0.25) is 0 Å². The van der Waals surface area contributed by atoms with Crippen molar-refractivity contribution in [1.29, 1.82) is 0 Å². The Morgan fingerprint density at radius 1 is 1.38 bits per heavy atom. The number of nitrogens with one attached hydrogen (secondary N) is 1. The van der Waals surface area contributed by atoms with Crippen LogP contribution >= 0.6 is 0 Å². The number of rotatable bonds is 5. The summed E-state index contributed by atoms with van der Waals surface area (Å²) >= 11 is 0. The van der Waals surface area contributed by atoms with Crippen molar-refractivity contribution < 1.29 is 17.1 Å². The van der Waals surface area contributed by atoms with Gasteiger partial charge < -0.3 is 14.0 Å². The van der Waals surface area contributed by atoms with Crippen LogP contribution in [0.15, 0.2) is 4.99 Å². The van der Waals surface area contributed by atoms with Crippen molar-refractivity contribution in [1.82, 2.24) is 5.32 Å². The summed E-state index contributed by atoms with van der Waals surface area (Å²) in [6, 6.07) is 0.0680. The molecule has 0 spiro atoms. The topological polar surface area (TPSA) is 67.8 Å². The summed E-state index contributed by atoms with van der Waals surface area (Å²) in [5.74, 6) is 0. The van der Waals surface area contributed by atoms with Gasteiger partial charge in [-0.2, -0.15) is 8.42 Å². The Bertz CT molecular complexity index is 330. The Morgan fingerprint density at radius 3 is 2.31 bits per heavy atom. The summed E-state index contributed by atoms with van der Waals surface area (Å²) in [5, 5.41) is 2.77. The molecule has 0 fully saturated rings. The van der Waals surface area contributed by atoms with E-state index in [1.807, 2.05) is 28.1 Å². The molecule has 0 aliphatic rings. The zero-order chi connectivity index (χ0) is 12.8. The zero-order valence-electron chi connectivity index (χ0n) is 10.6. The van der Waals surface area contributed by atoms with E-state index in [4.69, 9.17) is 4.18 Å². The fourth-order valence-electron chi connectivity index (χ4n) is 0.858. The lowest BCUT2D eigenvalue weighted by Gasteiger charge is -2.22. The number of likely N-dealkylation sites (N-methyl/N-ethyl adjacent to an activating group) is 1. The van der Waals surface area contributed by atoms with E-state index < -0.39 is 10.1 Å². The fraction of sp³-hybridized carbons (Fsp3) is 0.889. The van der Waals surface area contributed by atoms with Gasteiger partial charge in [-0.05, 0) is 6.92 Å². The van der Waals surface area contributed by atoms with Crippen LogP contribution in [0.3, 0.4) is 0 Å². The van der Waals surface area contributed by atoms with Gasteiger partial charge >= 0.3 is 16.1 Å². The van der Waals surface area contributed by atoms with Crippen molar-refractivity contribution in [3.63, 3.8) is 0 Å². The zero-order valence-corrected chi connectivity index (χ0v) is 11.5. The van der Waals surface area contributed by atoms with Crippen LogP contribution in [0, 0.1) is 0 Å². The number of aliphatic imine (C=N–C) groups is 1. The van der Waals surface area contributed by atoms with E-state index in [-0.39, 0.29) is 6.02 Å². The van der Waals surface area contributed by atoms with E-state index in [9.17, 15) is 8.42 Å². The molecule has 0 aromatic rings. The molecule has 0 rings (SSSR count). The SMILES string of the molecule is CCN/C(=N/CC[N+](C)(C)C)OS(C)(=O)=O. The van der Waals surface area contributed by atoms with Gasteiger partial charge in [-0.15, -0.1) is 0 Å². The normalized spacial score (nSPS) is 13.7. The minimum atomic E-state index is -3.51. The second kappa shape index (κ2) is 6.05. The van der Waals surface area contributed by atoms with Gasteiger partial charge in [0.1, 0.15) is 0 Å². The van der Waals surface area contributed by atoms with Gasteiger partial charge in [-0.25, -0.2) is 4.99 Å². The van der Waals surface area contributed by atoms with E-state index in [1.54, 1.807) is 0 Å². The first-order chi connectivity index (χ1) is 7.14. The smallest absolute Gasteiger partial charge is 0.308 e. The van der Waals surface area contributed by atoms with Crippen LogP contribution in [0.4, 0.5) is 0 Å². The lowest BCUT2D eigenvalue weighted by molar-refractivity contribution is -0.868. The lowest BCUT2D eigenvalue weighted by atomic mass is 10.5. The number of quaternary nitrogens is 1. The molecule has 0 saturated heterocycles. The molecule has 0 amide bonds. The molecule has 6 nitrogen and oxygen atoms in total. The number of hydrogen-bond donors (Lipinski definition) is 1. The maximum atomic E-state index is 10.9. The molecule has 0 aliphatic carbocycles. The van der Waals surface area contributed by atoms with Crippen LogP contribution in [0.2, 0.25) is 0 Å². The van der Waals surface area contributed by atoms with Gasteiger partial charge in [0.2, 0.25) is 0 Å². The van der Waals surface area contributed by atoms with Gasteiger partial charge in [0.15, 0.2) is 0 Å². The molecule has 16 heavy (non-hydrogen) atoms. The first-order valence-corrected chi connectivity index (χ1v) is 6.94. The van der Waals surface area contributed by atoms with Gasteiger partial charge in [0.25, 0.3) is 0 Å². The molecule has 0 aromatic heterocycles. The Kier molecular flexibility index (Phi) is 5.74. The Labute approximate surface area is 98.0 Å². The Hall–Kier alpha value is -0.820. The Balaban J connectivity index is 4.36. The highest BCUT2D eigenvalue weighted by atomic mass is 32.2. The van der Waals surface area contributed by atoms with Crippen LogP contribution in [-0.4, -0.2) is 66.0 Å². The number of nitrogens with zero attached hydrogens (tertiary/aromatic N) is 2. The maximum absolute atomic E-state index is 10.9. The molecule has 7 heteroatoms. The van der Waals surface area contributed by atoms with Crippen LogP contribution < -0.4 is 5.32 Å². The van der Waals surface area contributed by atoms with Crippen LogP contribution in [0.5, 0.6) is 0 Å². The first-order valence-electron chi connectivity index (χ1n) is 5.12. The van der Waals surface area contributed by atoms with Crippen molar-refractivity contribution >= 4 is 16.1 Å². The molecule has 0 saturated carbocycles.